The van der Waals surface area contributed by atoms with Crippen LogP contribution in [0.4, 0.5) is 0 Å². The molecule has 0 aliphatic rings. The Kier molecular flexibility index (Phi) is 6.21. The second kappa shape index (κ2) is 8.37. The average Bonchev–Trinajstić information content (AvgIpc) is 3.06. The van der Waals surface area contributed by atoms with Crippen LogP contribution in [0, 0.1) is 11.3 Å². The lowest BCUT2D eigenvalue weighted by Crippen LogP contribution is -2.24. The van der Waals surface area contributed by atoms with E-state index in [0.29, 0.717) is 5.57 Å². The van der Waals surface area contributed by atoms with Gasteiger partial charge in [0.15, 0.2) is 0 Å². The molecular weight excluding hydrogens is 338 g/mol. The third kappa shape index (κ3) is 4.53. The van der Waals surface area contributed by atoms with Crippen LogP contribution in [0.5, 0.6) is 0 Å². The zero-order valence-corrected chi connectivity index (χ0v) is 16.2. The maximum absolute atomic E-state index is 9.11. The van der Waals surface area contributed by atoms with Gasteiger partial charge in [-0.2, -0.15) is 5.26 Å². The summed E-state index contributed by atoms with van der Waals surface area (Å²) in [5, 5.41) is 11.2. The van der Waals surface area contributed by atoms with Crippen molar-refractivity contribution in [1.29, 1.82) is 5.26 Å². The molecule has 2 aromatic rings. The Morgan fingerprint density at radius 2 is 2.00 bits per heavy atom. The summed E-state index contributed by atoms with van der Waals surface area (Å²) in [6.45, 7) is 9.84. The molecule has 0 amide bonds. The van der Waals surface area contributed by atoms with Crippen LogP contribution in [0.25, 0.3) is 29.2 Å². The van der Waals surface area contributed by atoms with E-state index in [1.54, 1.807) is 17.4 Å². The second-order valence-electron chi connectivity index (χ2n) is 6.06. The van der Waals surface area contributed by atoms with Crippen LogP contribution in [0.3, 0.4) is 0 Å². The summed E-state index contributed by atoms with van der Waals surface area (Å²) in [6, 6.07) is 12.4. The van der Waals surface area contributed by atoms with Crippen molar-refractivity contribution in [1.82, 2.24) is 4.90 Å². The van der Waals surface area contributed by atoms with E-state index in [9.17, 15) is 0 Å². The molecule has 26 heavy (non-hydrogen) atoms. The first-order valence-corrected chi connectivity index (χ1v) is 8.98. The number of benzene rings is 1. The molecule has 1 heterocycles. The highest BCUT2D eigenvalue weighted by atomic mass is 32.1. The molecule has 0 saturated carbocycles. The number of nitrogens with zero attached hydrogens (tertiary/aromatic N) is 2. The van der Waals surface area contributed by atoms with Gasteiger partial charge in [0.1, 0.15) is 6.07 Å². The van der Waals surface area contributed by atoms with Crippen molar-refractivity contribution in [2.24, 2.45) is 5.73 Å². The summed E-state index contributed by atoms with van der Waals surface area (Å²) in [5.41, 5.74) is 8.54. The maximum Gasteiger partial charge on any atom is 0.101 e. The lowest BCUT2D eigenvalue weighted by atomic mass is 10.1. The summed E-state index contributed by atoms with van der Waals surface area (Å²) in [4.78, 5) is 4.16. The number of hydrogen-bond donors (Lipinski definition) is 1. The molecule has 0 spiro atoms. The van der Waals surface area contributed by atoms with Crippen molar-refractivity contribution < 1.29 is 0 Å². The highest BCUT2D eigenvalue weighted by Gasteiger charge is 2.04. The van der Waals surface area contributed by atoms with Gasteiger partial charge in [0, 0.05) is 35.2 Å². The van der Waals surface area contributed by atoms with Crippen molar-refractivity contribution >= 4 is 30.1 Å². The molecule has 0 atom stereocenters. The lowest BCUT2D eigenvalue weighted by Gasteiger charge is -2.12. The predicted octanol–water partition coefficient (Wildman–Crippen LogP) is 3.45. The van der Waals surface area contributed by atoms with E-state index in [-0.39, 0.29) is 5.70 Å². The topological polar surface area (TPSA) is 53.1 Å². The molecule has 0 bridgehead atoms. The van der Waals surface area contributed by atoms with Crippen molar-refractivity contribution in [2.75, 3.05) is 14.1 Å². The fourth-order valence-corrected chi connectivity index (χ4v) is 3.40. The normalized spacial score (nSPS) is 12.8. The first kappa shape index (κ1) is 19.3. The second-order valence-corrected chi connectivity index (χ2v) is 7.18. The van der Waals surface area contributed by atoms with E-state index in [1.165, 1.54) is 0 Å². The van der Waals surface area contributed by atoms with Crippen molar-refractivity contribution in [3.05, 3.63) is 75.3 Å². The minimum atomic E-state index is 0.281. The van der Waals surface area contributed by atoms with Crippen LogP contribution < -0.4 is 16.2 Å². The van der Waals surface area contributed by atoms with Gasteiger partial charge in [-0.3, -0.25) is 0 Å². The Labute approximate surface area is 159 Å². The van der Waals surface area contributed by atoms with Gasteiger partial charge >= 0.3 is 0 Å². The molecule has 0 unspecified atom stereocenters. The molecule has 1 aromatic carbocycles. The van der Waals surface area contributed by atoms with Gasteiger partial charge in [0.05, 0.1) is 5.57 Å². The fourth-order valence-electron chi connectivity index (χ4n) is 2.45. The van der Waals surface area contributed by atoms with Gasteiger partial charge < -0.3 is 10.6 Å². The Balaban J connectivity index is 2.40. The number of nitrogens with two attached hydrogens (primary N) is 1. The van der Waals surface area contributed by atoms with Gasteiger partial charge in [0.2, 0.25) is 0 Å². The smallest absolute Gasteiger partial charge is 0.101 e. The van der Waals surface area contributed by atoms with Crippen LogP contribution in [0.15, 0.2) is 60.0 Å². The number of rotatable bonds is 5. The maximum atomic E-state index is 9.11. The summed E-state index contributed by atoms with van der Waals surface area (Å²) in [5.74, 6) is 0. The van der Waals surface area contributed by atoms with Crippen LogP contribution in [-0.2, 0) is 0 Å². The van der Waals surface area contributed by atoms with Crippen LogP contribution >= 0.6 is 11.3 Å². The van der Waals surface area contributed by atoms with E-state index in [4.69, 9.17) is 11.0 Å². The zero-order chi connectivity index (χ0) is 19.3. The van der Waals surface area contributed by atoms with Crippen LogP contribution in [0.2, 0.25) is 0 Å². The molecule has 0 aliphatic carbocycles. The monoisotopic (exact) mass is 361 g/mol. The SMILES string of the molecule is C=C(N)/C(C#N)=C/c1ccc(-c2cc/c(=C/C(=CC)N(C)C)c(=C)c2)s1. The lowest BCUT2D eigenvalue weighted by molar-refractivity contribution is 0.536. The van der Waals surface area contributed by atoms with E-state index >= 15 is 0 Å². The third-order valence-corrected chi connectivity index (χ3v) is 5.00. The van der Waals surface area contributed by atoms with Gasteiger partial charge in [-0.25, -0.2) is 0 Å². The zero-order valence-electron chi connectivity index (χ0n) is 15.4. The molecule has 2 N–H and O–H groups in total. The molecule has 0 aliphatic heterocycles. The number of hydrogen-bond acceptors (Lipinski definition) is 4. The summed E-state index contributed by atoms with van der Waals surface area (Å²) >= 11 is 1.60. The third-order valence-electron chi connectivity index (χ3n) is 3.92. The van der Waals surface area contributed by atoms with Gasteiger partial charge in [-0.05, 0) is 53.3 Å². The molecule has 3 nitrogen and oxygen atoms in total. The van der Waals surface area contributed by atoms with Crippen molar-refractivity contribution in [3.63, 3.8) is 0 Å². The first-order valence-electron chi connectivity index (χ1n) is 8.17. The standard InChI is InChI=1S/C22H23N3S/c1-6-20(25(4)5)12-17-7-8-18(11-15(17)2)22-10-9-21(26-22)13-19(14-23)16(3)24/h6-13H,2-3,24H2,1,4-5H3/b17-12-,19-13+,20-6?. The molecule has 0 radical (unpaired) electrons. The molecule has 132 valence electrons. The molecule has 4 heteroatoms. The number of allylic oxidation sites excluding steroid dienone is 3. The Morgan fingerprint density at radius 3 is 2.54 bits per heavy atom. The number of nitriles is 1. The van der Waals surface area contributed by atoms with E-state index < -0.39 is 0 Å². The van der Waals surface area contributed by atoms with E-state index in [1.807, 2.05) is 33.2 Å². The minimum absolute atomic E-state index is 0.281. The highest BCUT2D eigenvalue weighted by molar-refractivity contribution is 7.16. The Hall–Kier alpha value is -3.03. The summed E-state index contributed by atoms with van der Waals surface area (Å²) in [7, 11) is 4.05. The molecule has 0 fully saturated rings. The molecule has 0 saturated heterocycles. The quantitative estimate of drug-likeness (QED) is 0.655. The van der Waals surface area contributed by atoms with E-state index in [2.05, 4.69) is 54.5 Å². The Bertz CT molecular complexity index is 1030. The van der Waals surface area contributed by atoms with E-state index in [0.717, 1.165) is 31.5 Å². The Morgan fingerprint density at radius 1 is 1.27 bits per heavy atom. The highest BCUT2D eigenvalue weighted by Crippen LogP contribution is 2.28. The average molecular weight is 362 g/mol. The van der Waals surface area contributed by atoms with Gasteiger partial charge in [0.25, 0.3) is 0 Å². The van der Waals surface area contributed by atoms with Crippen molar-refractivity contribution in [2.45, 2.75) is 6.92 Å². The summed E-state index contributed by atoms with van der Waals surface area (Å²) in [6.07, 6.45) is 5.96. The van der Waals surface area contributed by atoms with Crippen LogP contribution in [0.1, 0.15) is 11.8 Å². The minimum Gasteiger partial charge on any atom is -0.398 e. The largest absolute Gasteiger partial charge is 0.398 e. The van der Waals surface area contributed by atoms with Crippen LogP contribution in [-0.4, -0.2) is 19.0 Å². The number of thiophene rings is 1. The first-order chi connectivity index (χ1) is 12.3. The summed E-state index contributed by atoms with van der Waals surface area (Å²) < 4.78 is 0. The predicted molar refractivity (Wildman–Crippen MR) is 113 cm³/mol. The fraction of sp³-hybridized carbons (Fsp3) is 0.136. The molecule has 1 aromatic heterocycles. The van der Waals surface area contributed by atoms with Gasteiger partial charge in [-0.15, -0.1) is 11.3 Å². The molecular formula is C22H23N3S. The molecule has 2 rings (SSSR count). The van der Waals surface area contributed by atoms with Crippen molar-refractivity contribution in [3.8, 4) is 16.5 Å². The van der Waals surface area contributed by atoms with Gasteiger partial charge in [-0.1, -0.05) is 31.4 Å².